The van der Waals surface area contributed by atoms with Gasteiger partial charge in [-0.05, 0) is 23.3 Å². The smallest absolute Gasteiger partial charge is 0.289 e. The van der Waals surface area contributed by atoms with Crippen molar-refractivity contribution in [1.29, 1.82) is 0 Å². The molecule has 0 heterocycles. The van der Waals surface area contributed by atoms with E-state index in [0.717, 1.165) is 11.3 Å². The zero-order valence-corrected chi connectivity index (χ0v) is 12.7. The van der Waals surface area contributed by atoms with Crippen LogP contribution in [-0.2, 0) is 6.54 Å². The molecule has 0 aliphatic rings. The molecule has 2 aromatic carbocycles. The van der Waals surface area contributed by atoms with Crippen molar-refractivity contribution >= 4 is 18.1 Å². The number of nitrogens with one attached hydrogen (secondary N) is 1. The quantitative estimate of drug-likeness (QED) is 0.762. The van der Waals surface area contributed by atoms with Gasteiger partial charge in [-0.2, -0.15) is 0 Å². The van der Waals surface area contributed by atoms with E-state index in [1.54, 1.807) is 24.3 Å². The second-order valence-corrected chi connectivity index (χ2v) is 4.86. The second-order valence-electron chi connectivity index (χ2n) is 4.86. The third-order valence-electron chi connectivity index (χ3n) is 3.28. The summed E-state index contributed by atoms with van der Waals surface area (Å²) in [7, 11) is 0. The van der Waals surface area contributed by atoms with Crippen molar-refractivity contribution in [2.75, 3.05) is 11.9 Å². The fourth-order valence-electron chi connectivity index (χ4n) is 1.95. The highest BCUT2D eigenvalue weighted by Gasteiger charge is 2.37. The minimum atomic E-state index is -3.32. The minimum Gasteiger partial charge on any atom is -0.390 e. The first-order chi connectivity index (χ1) is 10.0. The van der Waals surface area contributed by atoms with E-state index in [4.69, 9.17) is 10.8 Å². The molecule has 0 aliphatic carbocycles. The fraction of sp³-hybridized carbons (Fsp3) is 0.250. The molecular formula is C16H19ClF2N2O. The number of rotatable bonds is 6. The van der Waals surface area contributed by atoms with Gasteiger partial charge in [0.2, 0.25) is 0 Å². The number of alkyl halides is 2. The molecule has 0 fully saturated rings. The topological polar surface area (TPSA) is 58.3 Å². The van der Waals surface area contributed by atoms with Crippen LogP contribution in [0, 0.1) is 0 Å². The highest BCUT2D eigenvalue weighted by molar-refractivity contribution is 5.85. The molecule has 0 bridgehead atoms. The predicted octanol–water partition coefficient (Wildman–Crippen LogP) is 3.35. The van der Waals surface area contributed by atoms with E-state index in [2.05, 4.69) is 5.32 Å². The summed E-state index contributed by atoms with van der Waals surface area (Å²) in [5.41, 5.74) is 7.71. The summed E-state index contributed by atoms with van der Waals surface area (Å²) in [5, 5.41) is 11.9. The molecule has 6 heteroatoms. The third kappa shape index (κ3) is 4.66. The number of hydrogen-bond donors (Lipinski definition) is 3. The first-order valence-corrected chi connectivity index (χ1v) is 6.65. The molecule has 0 aromatic heterocycles. The number of halogens is 3. The Hall–Kier alpha value is -1.69. The van der Waals surface area contributed by atoms with Gasteiger partial charge in [0.25, 0.3) is 5.92 Å². The van der Waals surface area contributed by atoms with Gasteiger partial charge in [0.1, 0.15) is 6.61 Å². The van der Waals surface area contributed by atoms with Crippen molar-refractivity contribution in [3.8, 4) is 0 Å². The molecule has 22 heavy (non-hydrogen) atoms. The van der Waals surface area contributed by atoms with Crippen LogP contribution >= 0.6 is 12.4 Å². The molecular weight excluding hydrogens is 310 g/mol. The molecule has 0 radical (unpaired) electrons. The van der Waals surface area contributed by atoms with E-state index in [-0.39, 0.29) is 12.4 Å². The maximum Gasteiger partial charge on any atom is 0.289 e. The molecule has 2 aromatic rings. The van der Waals surface area contributed by atoms with E-state index >= 15 is 0 Å². The SMILES string of the molecule is Cl.N[C@H](c1ccc(NCc2ccccc2)cc1)C(F)(F)CO. The Bertz CT molecular complexity index is 564. The summed E-state index contributed by atoms with van der Waals surface area (Å²) in [4.78, 5) is 0. The van der Waals surface area contributed by atoms with Gasteiger partial charge in [-0.1, -0.05) is 42.5 Å². The third-order valence-corrected chi connectivity index (χ3v) is 3.28. The summed E-state index contributed by atoms with van der Waals surface area (Å²) in [6.45, 7) is -0.610. The zero-order valence-electron chi connectivity index (χ0n) is 11.9. The van der Waals surface area contributed by atoms with Gasteiger partial charge >= 0.3 is 0 Å². The van der Waals surface area contributed by atoms with Crippen molar-refractivity contribution in [3.05, 3.63) is 65.7 Å². The van der Waals surface area contributed by atoms with Crippen molar-refractivity contribution < 1.29 is 13.9 Å². The molecule has 0 aliphatic heterocycles. The van der Waals surface area contributed by atoms with Gasteiger partial charge in [0, 0.05) is 12.2 Å². The van der Waals surface area contributed by atoms with Gasteiger partial charge in [-0.25, -0.2) is 8.78 Å². The molecule has 4 N–H and O–H groups in total. The van der Waals surface area contributed by atoms with E-state index in [1.807, 2.05) is 30.3 Å². The van der Waals surface area contributed by atoms with E-state index < -0.39 is 18.6 Å². The highest BCUT2D eigenvalue weighted by Crippen LogP contribution is 2.29. The van der Waals surface area contributed by atoms with Crippen LogP contribution in [0.3, 0.4) is 0 Å². The van der Waals surface area contributed by atoms with Gasteiger partial charge in [0.15, 0.2) is 0 Å². The largest absolute Gasteiger partial charge is 0.390 e. The van der Waals surface area contributed by atoms with Gasteiger partial charge in [-0.15, -0.1) is 12.4 Å². The van der Waals surface area contributed by atoms with Crippen LogP contribution in [0.15, 0.2) is 54.6 Å². The van der Waals surface area contributed by atoms with Gasteiger partial charge in [-0.3, -0.25) is 0 Å². The van der Waals surface area contributed by atoms with Crippen molar-refractivity contribution in [1.82, 2.24) is 0 Å². The van der Waals surface area contributed by atoms with Crippen molar-refractivity contribution in [3.63, 3.8) is 0 Å². The maximum atomic E-state index is 13.3. The molecule has 0 amide bonds. The molecule has 0 unspecified atom stereocenters. The lowest BCUT2D eigenvalue weighted by atomic mass is 10.0. The number of hydrogen-bond acceptors (Lipinski definition) is 3. The van der Waals surface area contributed by atoms with Crippen LogP contribution in [0.25, 0.3) is 0 Å². The summed E-state index contributed by atoms with van der Waals surface area (Å²) < 4.78 is 26.6. The molecule has 0 saturated carbocycles. The first-order valence-electron chi connectivity index (χ1n) is 6.65. The number of anilines is 1. The van der Waals surface area contributed by atoms with Crippen LogP contribution in [0.5, 0.6) is 0 Å². The van der Waals surface area contributed by atoms with Crippen LogP contribution in [0.4, 0.5) is 14.5 Å². The van der Waals surface area contributed by atoms with Gasteiger partial charge in [0.05, 0.1) is 6.04 Å². The number of nitrogens with two attached hydrogens (primary N) is 1. The summed E-state index contributed by atoms with van der Waals surface area (Å²) in [6, 6.07) is 14.8. The Morgan fingerprint density at radius 1 is 1.05 bits per heavy atom. The monoisotopic (exact) mass is 328 g/mol. The average molecular weight is 329 g/mol. The fourth-order valence-corrected chi connectivity index (χ4v) is 1.95. The van der Waals surface area contributed by atoms with Crippen LogP contribution in [0.2, 0.25) is 0 Å². The molecule has 0 spiro atoms. The maximum absolute atomic E-state index is 13.3. The predicted molar refractivity (Wildman–Crippen MR) is 86.4 cm³/mol. The zero-order chi connectivity index (χ0) is 15.3. The molecule has 1 atom stereocenters. The number of aliphatic hydroxyl groups is 1. The molecule has 0 saturated heterocycles. The Morgan fingerprint density at radius 2 is 1.64 bits per heavy atom. The van der Waals surface area contributed by atoms with Crippen molar-refractivity contribution in [2.24, 2.45) is 5.73 Å². The van der Waals surface area contributed by atoms with Crippen LogP contribution in [0.1, 0.15) is 17.2 Å². The standard InChI is InChI=1S/C16H18F2N2O.ClH/c17-16(18,11-21)15(19)13-6-8-14(9-7-13)20-10-12-4-2-1-3-5-12;/h1-9,15,20-21H,10-11,19H2;1H/t15-;/m1./s1. The Kier molecular flexibility index (Phi) is 6.74. The lowest BCUT2D eigenvalue weighted by Crippen LogP contribution is -2.36. The lowest BCUT2D eigenvalue weighted by Gasteiger charge is -2.21. The van der Waals surface area contributed by atoms with Gasteiger partial charge < -0.3 is 16.2 Å². The summed E-state index contributed by atoms with van der Waals surface area (Å²) >= 11 is 0. The lowest BCUT2D eigenvalue weighted by molar-refractivity contribution is -0.0711. The second kappa shape index (κ2) is 8.08. The van der Waals surface area contributed by atoms with E-state index in [9.17, 15) is 8.78 Å². The Labute approximate surface area is 134 Å². The Morgan fingerprint density at radius 3 is 2.18 bits per heavy atom. The number of aliphatic hydroxyl groups excluding tert-OH is 1. The normalized spacial score (nSPS) is 12.4. The first kappa shape index (κ1) is 18.4. The minimum absolute atomic E-state index is 0. The summed E-state index contributed by atoms with van der Waals surface area (Å²) in [5.74, 6) is -3.32. The Balaban J connectivity index is 0.00000242. The summed E-state index contributed by atoms with van der Waals surface area (Å²) in [6.07, 6.45) is 0. The molecule has 2 rings (SSSR count). The number of benzene rings is 2. The molecule has 3 nitrogen and oxygen atoms in total. The molecule has 120 valence electrons. The highest BCUT2D eigenvalue weighted by atomic mass is 35.5. The van der Waals surface area contributed by atoms with Crippen molar-refractivity contribution in [2.45, 2.75) is 18.5 Å². The average Bonchev–Trinajstić information content (AvgIpc) is 2.53. The van der Waals surface area contributed by atoms with E-state index in [0.29, 0.717) is 12.1 Å². The van der Waals surface area contributed by atoms with Crippen LogP contribution in [-0.4, -0.2) is 17.6 Å². The van der Waals surface area contributed by atoms with Crippen LogP contribution < -0.4 is 11.1 Å². The van der Waals surface area contributed by atoms with E-state index in [1.165, 1.54) is 0 Å².